The molecule has 0 unspecified atom stereocenters. The van der Waals surface area contributed by atoms with Gasteiger partial charge in [0.05, 0.1) is 11.7 Å². The van der Waals surface area contributed by atoms with Crippen molar-refractivity contribution in [3.05, 3.63) is 71.4 Å². The summed E-state index contributed by atoms with van der Waals surface area (Å²) in [6.45, 7) is 1.61. The molecule has 0 radical (unpaired) electrons. The van der Waals surface area contributed by atoms with Crippen LogP contribution in [0.2, 0.25) is 0 Å². The monoisotopic (exact) mass is 445 g/mol. The number of halogens is 3. The second kappa shape index (κ2) is 8.10. The van der Waals surface area contributed by atoms with Crippen LogP contribution in [0.1, 0.15) is 27.4 Å². The maximum Gasteiger partial charge on any atom is 0.433 e. The predicted octanol–water partition coefficient (Wildman–Crippen LogP) is 4.70. The fourth-order valence-electron chi connectivity index (χ4n) is 3.21. The Bertz CT molecular complexity index is 1260. The molecular weight excluding hydrogens is 427 g/mol. The molecule has 0 aliphatic heterocycles. The van der Waals surface area contributed by atoms with Crippen molar-refractivity contribution in [3.63, 3.8) is 0 Å². The summed E-state index contributed by atoms with van der Waals surface area (Å²) in [5, 5.41) is 10.5. The van der Waals surface area contributed by atoms with E-state index in [1.54, 1.807) is 23.9 Å². The zero-order valence-electron chi connectivity index (χ0n) is 16.6. The van der Waals surface area contributed by atoms with Gasteiger partial charge in [-0.25, -0.2) is 0 Å². The zero-order chi connectivity index (χ0) is 22.2. The Morgan fingerprint density at radius 3 is 2.84 bits per heavy atom. The van der Waals surface area contributed by atoms with E-state index in [-0.39, 0.29) is 12.1 Å². The smallest absolute Gasteiger partial charge is 0.347 e. The van der Waals surface area contributed by atoms with Gasteiger partial charge in [0.1, 0.15) is 11.4 Å². The third-order valence-electron chi connectivity index (χ3n) is 4.96. The van der Waals surface area contributed by atoms with Crippen LogP contribution in [0.25, 0.3) is 10.9 Å². The summed E-state index contributed by atoms with van der Waals surface area (Å²) in [6, 6.07) is 10.3. The number of H-pyrrole nitrogens is 1. The molecule has 4 aromatic rings. The Balaban J connectivity index is 1.52. The van der Waals surface area contributed by atoms with Gasteiger partial charge in [-0.2, -0.15) is 18.3 Å². The van der Waals surface area contributed by atoms with Crippen LogP contribution in [0.5, 0.6) is 0 Å². The lowest BCUT2D eigenvalue weighted by Gasteiger charge is -2.12. The molecule has 3 heterocycles. The Hall–Kier alpha value is -3.27. The van der Waals surface area contributed by atoms with Crippen LogP contribution in [-0.4, -0.2) is 25.7 Å². The van der Waals surface area contributed by atoms with E-state index in [0.29, 0.717) is 5.69 Å². The molecule has 4 rings (SSSR count). The lowest BCUT2D eigenvalue weighted by molar-refractivity contribution is -0.141. The van der Waals surface area contributed by atoms with Crippen molar-refractivity contribution >= 4 is 28.6 Å². The van der Waals surface area contributed by atoms with E-state index in [2.05, 4.69) is 20.5 Å². The number of carbonyl (C=O) groups is 1. The average Bonchev–Trinajstić information content (AvgIpc) is 3.31. The van der Waals surface area contributed by atoms with Gasteiger partial charge in [0.2, 0.25) is 0 Å². The number of alkyl halides is 3. The third-order valence-corrected chi connectivity index (χ3v) is 6.08. The van der Waals surface area contributed by atoms with Crippen LogP contribution in [-0.2, 0) is 19.8 Å². The minimum absolute atomic E-state index is 0.0858. The molecule has 6 nitrogen and oxygen atoms in total. The number of hydrogen-bond donors (Lipinski definition) is 2. The van der Waals surface area contributed by atoms with Crippen LogP contribution < -0.4 is 5.32 Å². The number of carbonyl (C=O) groups excluding carboxylic acids is 1. The zero-order valence-corrected chi connectivity index (χ0v) is 17.4. The van der Waals surface area contributed by atoms with Gasteiger partial charge < -0.3 is 9.88 Å². The van der Waals surface area contributed by atoms with Crippen LogP contribution in [0.4, 0.5) is 13.2 Å². The van der Waals surface area contributed by atoms with Crippen molar-refractivity contribution in [2.75, 3.05) is 0 Å². The van der Waals surface area contributed by atoms with Gasteiger partial charge >= 0.3 is 6.18 Å². The quantitative estimate of drug-likeness (QED) is 0.467. The van der Waals surface area contributed by atoms with Crippen molar-refractivity contribution in [1.29, 1.82) is 0 Å². The first kappa shape index (κ1) is 21.0. The van der Waals surface area contributed by atoms with E-state index in [1.807, 2.05) is 25.1 Å². The first-order chi connectivity index (χ1) is 14.7. The highest BCUT2D eigenvalue weighted by Crippen LogP contribution is 2.34. The molecule has 2 N–H and O–H groups in total. The lowest BCUT2D eigenvalue weighted by atomic mass is 10.2. The van der Waals surface area contributed by atoms with E-state index in [9.17, 15) is 18.0 Å². The van der Waals surface area contributed by atoms with Crippen molar-refractivity contribution in [2.24, 2.45) is 7.05 Å². The summed E-state index contributed by atoms with van der Waals surface area (Å²) in [5.74, 6) is -0.459. The van der Waals surface area contributed by atoms with E-state index >= 15 is 0 Å². The summed E-state index contributed by atoms with van der Waals surface area (Å²) in [5.41, 5.74) is 1.09. The van der Waals surface area contributed by atoms with Crippen molar-refractivity contribution in [3.8, 4) is 0 Å². The molecule has 0 saturated heterocycles. The number of aromatic amines is 1. The standard InChI is InChI=1S/C21H18F3N5OS/c1-12-18(31-15-5-6-16-14(8-15)11-27-28-16)9-17(29(12)2)20(30)26-10-13-4-3-7-25-19(13)21(22,23)24/h3-9,11H,10H2,1-2H3,(H,26,30)(H,27,28). The summed E-state index contributed by atoms with van der Waals surface area (Å²) >= 11 is 1.50. The van der Waals surface area contributed by atoms with Gasteiger partial charge in [0.15, 0.2) is 0 Å². The topological polar surface area (TPSA) is 75.6 Å². The average molecular weight is 445 g/mol. The normalized spacial score (nSPS) is 11.8. The maximum atomic E-state index is 13.1. The number of nitrogens with zero attached hydrogens (tertiary/aromatic N) is 3. The van der Waals surface area contributed by atoms with E-state index in [4.69, 9.17) is 0 Å². The molecule has 1 amide bonds. The Kier molecular flexibility index (Phi) is 5.48. The molecule has 1 aromatic carbocycles. The highest BCUT2D eigenvalue weighted by molar-refractivity contribution is 7.99. The van der Waals surface area contributed by atoms with Gasteiger partial charge in [-0.1, -0.05) is 17.8 Å². The molecular formula is C21H18F3N5OS. The van der Waals surface area contributed by atoms with E-state index in [1.165, 1.54) is 23.9 Å². The number of fused-ring (bicyclic) bond motifs is 1. The molecule has 0 bridgehead atoms. The summed E-state index contributed by atoms with van der Waals surface area (Å²) in [7, 11) is 1.75. The number of pyridine rings is 1. The van der Waals surface area contributed by atoms with Crippen LogP contribution in [0, 0.1) is 6.92 Å². The van der Waals surface area contributed by atoms with Crippen LogP contribution in [0.15, 0.2) is 58.6 Å². The lowest BCUT2D eigenvalue weighted by Crippen LogP contribution is -2.26. The number of nitrogens with one attached hydrogen (secondary N) is 2. The molecule has 0 atom stereocenters. The summed E-state index contributed by atoms with van der Waals surface area (Å²) in [4.78, 5) is 18.0. The van der Waals surface area contributed by atoms with Crippen molar-refractivity contribution in [2.45, 2.75) is 29.4 Å². The number of rotatable bonds is 5. The molecule has 10 heteroatoms. The predicted molar refractivity (Wildman–Crippen MR) is 111 cm³/mol. The van der Waals surface area contributed by atoms with Crippen LogP contribution >= 0.6 is 11.8 Å². The Morgan fingerprint density at radius 2 is 2.06 bits per heavy atom. The second-order valence-electron chi connectivity index (χ2n) is 6.95. The van der Waals surface area contributed by atoms with Gasteiger partial charge in [0, 0.05) is 46.2 Å². The van der Waals surface area contributed by atoms with Gasteiger partial charge in [-0.15, -0.1) is 0 Å². The Labute approximate surface area is 179 Å². The first-order valence-electron chi connectivity index (χ1n) is 9.30. The number of hydrogen-bond acceptors (Lipinski definition) is 4. The fourth-order valence-corrected chi connectivity index (χ4v) is 4.24. The molecule has 0 aliphatic rings. The SMILES string of the molecule is Cc1c(Sc2ccc3[nH]ncc3c2)cc(C(=O)NCc2cccnc2C(F)(F)F)n1C. The molecule has 31 heavy (non-hydrogen) atoms. The van der Waals surface area contributed by atoms with Gasteiger partial charge in [0.25, 0.3) is 5.91 Å². The van der Waals surface area contributed by atoms with Gasteiger partial charge in [-0.3, -0.25) is 14.9 Å². The minimum atomic E-state index is -4.58. The number of benzene rings is 1. The maximum absolute atomic E-state index is 13.1. The molecule has 0 fully saturated rings. The van der Waals surface area contributed by atoms with Crippen molar-refractivity contribution in [1.82, 2.24) is 25.1 Å². The molecule has 3 aromatic heterocycles. The molecule has 0 saturated carbocycles. The molecule has 0 aliphatic carbocycles. The number of amides is 1. The highest BCUT2D eigenvalue weighted by atomic mass is 32.2. The highest BCUT2D eigenvalue weighted by Gasteiger charge is 2.35. The molecule has 0 spiro atoms. The van der Waals surface area contributed by atoms with Crippen LogP contribution in [0.3, 0.4) is 0 Å². The van der Waals surface area contributed by atoms with E-state index < -0.39 is 17.8 Å². The third kappa shape index (κ3) is 4.29. The second-order valence-corrected chi connectivity index (χ2v) is 8.07. The first-order valence-corrected chi connectivity index (χ1v) is 10.1. The minimum Gasteiger partial charge on any atom is -0.347 e. The summed E-state index contributed by atoms with van der Waals surface area (Å²) in [6.07, 6.45) is -1.76. The van der Waals surface area contributed by atoms with Crippen molar-refractivity contribution < 1.29 is 18.0 Å². The van der Waals surface area contributed by atoms with Gasteiger partial charge in [-0.05, 0) is 37.3 Å². The fraction of sp³-hybridized carbons (Fsp3) is 0.190. The Morgan fingerprint density at radius 1 is 1.26 bits per heavy atom. The number of aromatic nitrogens is 4. The van der Waals surface area contributed by atoms with E-state index in [0.717, 1.165) is 32.6 Å². The molecule has 160 valence electrons. The summed E-state index contributed by atoms with van der Waals surface area (Å²) < 4.78 is 41.1. The largest absolute Gasteiger partial charge is 0.433 e.